The Kier molecular flexibility index (Phi) is 6.11. The van der Waals surface area contributed by atoms with Crippen molar-refractivity contribution in [1.82, 2.24) is 0 Å². The van der Waals surface area contributed by atoms with Gasteiger partial charge in [-0.1, -0.05) is 55.4 Å². The summed E-state index contributed by atoms with van der Waals surface area (Å²) in [6.07, 6.45) is 0.592. The molecule has 0 aliphatic rings. The summed E-state index contributed by atoms with van der Waals surface area (Å²) in [5, 5.41) is 12.6. The Hall–Kier alpha value is -1.03. The van der Waals surface area contributed by atoms with Gasteiger partial charge in [0.25, 0.3) is 0 Å². The van der Waals surface area contributed by atoms with Gasteiger partial charge in [-0.2, -0.15) is 0 Å². The van der Waals surface area contributed by atoms with Crippen molar-refractivity contribution in [2.24, 2.45) is 0 Å². The number of rotatable bonds is 5. The van der Waals surface area contributed by atoms with E-state index in [-0.39, 0.29) is 16.6 Å². The van der Waals surface area contributed by atoms with Crippen LogP contribution in [0.25, 0.3) is 0 Å². The van der Waals surface area contributed by atoms with Crippen LogP contribution >= 0.6 is 7.60 Å². The van der Waals surface area contributed by atoms with Crippen LogP contribution in [-0.4, -0.2) is 20.2 Å². The molecule has 0 aliphatic heterocycles. The Morgan fingerprint density at radius 3 is 1.52 bits per heavy atom. The minimum Gasteiger partial charge on any atom is -0.507 e. The zero-order chi connectivity index (χ0) is 19.8. The molecule has 0 aromatic heterocycles. The van der Waals surface area contributed by atoms with Gasteiger partial charge < -0.3 is 20.2 Å². The van der Waals surface area contributed by atoms with Crippen LogP contribution in [-0.2, 0) is 15.4 Å². The maximum atomic E-state index is 12.1. The second kappa shape index (κ2) is 6.94. The molecular weight excluding hydrogens is 337 g/mol. The summed E-state index contributed by atoms with van der Waals surface area (Å²) >= 11 is 0. The summed E-state index contributed by atoms with van der Waals surface area (Å²) in [5.41, 5.74) is 1.54. The first-order valence-electron chi connectivity index (χ1n) is 8.81. The van der Waals surface area contributed by atoms with Gasteiger partial charge in [-0.05, 0) is 35.8 Å². The third-order valence-electron chi connectivity index (χ3n) is 4.83. The van der Waals surface area contributed by atoms with E-state index in [1.54, 1.807) is 26.0 Å². The molecule has 5 nitrogen and oxygen atoms in total. The van der Waals surface area contributed by atoms with Crippen LogP contribution in [0, 0.1) is 0 Å². The van der Waals surface area contributed by atoms with Crippen molar-refractivity contribution in [2.45, 2.75) is 84.3 Å². The van der Waals surface area contributed by atoms with Crippen molar-refractivity contribution in [3.8, 4) is 5.75 Å². The van der Waals surface area contributed by atoms with E-state index in [1.807, 2.05) is 41.5 Å². The predicted molar refractivity (Wildman–Crippen MR) is 104 cm³/mol. The first-order valence-corrected chi connectivity index (χ1v) is 10.4. The molecule has 0 saturated carbocycles. The third-order valence-corrected chi connectivity index (χ3v) is 6.69. The molecule has 0 atom stereocenters. The second-order valence-electron chi connectivity index (χ2n) is 8.83. The molecule has 0 unspecified atom stereocenters. The quantitative estimate of drug-likeness (QED) is 0.427. The summed E-state index contributed by atoms with van der Waals surface area (Å²) in [6, 6.07) is 3.61. The summed E-state index contributed by atoms with van der Waals surface area (Å²) in [6.45, 7) is 15.6. The van der Waals surface area contributed by atoms with Gasteiger partial charge in [-0.25, -0.2) is 0 Å². The highest BCUT2D eigenvalue weighted by Gasteiger charge is 2.44. The Labute approximate surface area is 152 Å². The predicted octanol–water partition coefficient (Wildman–Crippen LogP) is 5.09. The molecule has 6 heteroatoms. The molecule has 0 saturated heterocycles. The lowest BCUT2D eigenvalue weighted by Gasteiger charge is -2.36. The van der Waals surface area contributed by atoms with E-state index >= 15 is 0 Å². The molecule has 1 aromatic carbocycles. The minimum atomic E-state index is -4.37. The Morgan fingerprint density at radius 2 is 1.28 bits per heavy atom. The van der Waals surface area contributed by atoms with E-state index in [9.17, 15) is 19.5 Å². The number of anilines is 1. The van der Waals surface area contributed by atoms with Gasteiger partial charge in [0, 0.05) is 16.8 Å². The average Bonchev–Trinajstić information content (AvgIpc) is 2.42. The summed E-state index contributed by atoms with van der Waals surface area (Å²) in [7, 11) is -4.37. The van der Waals surface area contributed by atoms with Gasteiger partial charge in [-0.3, -0.25) is 4.57 Å². The van der Waals surface area contributed by atoms with Crippen molar-refractivity contribution in [2.75, 3.05) is 5.32 Å². The van der Waals surface area contributed by atoms with Gasteiger partial charge in [0.1, 0.15) is 11.0 Å². The lowest BCUT2D eigenvalue weighted by molar-refractivity contribution is 0.326. The fourth-order valence-corrected chi connectivity index (χ4v) is 4.13. The average molecular weight is 371 g/mol. The first-order chi connectivity index (χ1) is 11.1. The van der Waals surface area contributed by atoms with Crippen LogP contribution in [0.15, 0.2) is 12.1 Å². The molecule has 0 fully saturated rings. The second-order valence-corrected chi connectivity index (χ2v) is 10.8. The zero-order valence-electron chi connectivity index (χ0n) is 16.8. The molecule has 0 amide bonds. The maximum absolute atomic E-state index is 12.1. The smallest absolute Gasteiger partial charge is 0.350 e. The molecule has 25 heavy (non-hydrogen) atoms. The minimum absolute atomic E-state index is 0.250. The SMILES string of the molecule is CCC(CC)(Nc1cc(C(C)(C)C)c(O)c(C(C)(C)C)c1)P(=O)(O)O. The summed E-state index contributed by atoms with van der Waals surface area (Å²) in [5.74, 6) is 0.250. The largest absolute Gasteiger partial charge is 0.507 e. The van der Waals surface area contributed by atoms with Gasteiger partial charge in [0.2, 0.25) is 0 Å². The topological polar surface area (TPSA) is 89.8 Å². The van der Waals surface area contributed by atoms with Crippen molar-refractivity contribution in [3.05, 3.63) is 23.3 Å². The van der Waals surface area contributed by atoms with Gasteiger partial charge in [0.05, 0.1) is 0 Å². The molecule has 144 valence electrons. The van der Waals surface area contributed by atoms with E-state index in [0.29, 0.717) is 18.5 Å². The Morgan fingerprint density at radius 1 is 0.920 bits per heavy atom. The summed E-state index contributed by atoms with van der Waals surface area (Å²) < 4.78 is 12.1. The van der Waals surface area contributed by atoms with Crippen molar-refractivity contribution >= 4 is 13.3 Å². The number of hydrogen-bond donors (Lipinski definition) is 4. The molecule has 0 radical (unpaired) electrons. The van der Waals surface area contributed by atoms with Crippen molar-refractivity contribution < 1.29 is 19.5 Å². The molecular formula is C19H34NO4P. The fourth-order valence-electron chi connectivity index (χ4n) is 3.03. The molecule has 0 heterocycles. The number of nitrogens with one attached hydrogen (secondary N) is 1. The Balaban J connectivity index is 3.64. The van der Waals surface area contributed by atoms with Gasteiger partial charge in [0.15, 0.2) is 0 Å². The van der Waals surface area contributed by atoms with Crippen LogP contribution in [0.1, 0.15) is 79.4 Å². The number of phenolic OH excluding ortho intramolecular Hbond substituents is 1. The number of benzene rings is 1. The first kappa shape index (κ1) is 22.0. The highest BCUT2D eigenvalue weighted by Crippen LogP contribution is 2.55. The molecule has 0 spiro atoms. The standard InChI is InChI=1S/C19H34NO4P/c1-9-19(10-2,25(22,23)24)20-13-11-14(17(3,4)5)16(21)15(12-13)18(6,7)8/h11-12,20-21H,9-10H2,1-8H3,(H2,22,23,24). The van der Waals surface area contributed by atoms with Crippen LogP contribution in [0.5, 0.6) is 5.75 Å². The number of aromatic hydroxyl groups is 1. The van der Waals surface area contributed by atoms with Crippen LogP contribution in [0.4, 0.5) is 5.69 Å². The van der Waals surface area contributed by atoms with Gasteiger partial charge in [-0.15, -0.1) is 0 Å². The highest BCUT2D eigenvalue weighted by molar-refractivity contribution is 7.53. The molecule has 4 N–H and O–H groups in total. The fraction of sp³-hybridized carbons (Fsp3) is 0.684. The van der Waals surface area contributed by atoms with E-state index < -0.39 is 12.9 Å². The highest BCUT2D eigenvalue weighted by atomic mass is 31.2. The van der Waals surface area contributed by atoms with E-state index in [0.717, 1.165) is 11.1 Å². The molecule has 0 aliphatic carbocycles. The maximum Gasteiger partial charge on any atom is 0.350 e. The Bertz CT molecular complexity index is 626. The van der Waals surface area contributed by atoms with Crippen molar-refractivity contribution in [3.63, 3.8) is 0 Å². The zero-order valence-corrected chi connectivity index (χ0v) is 17.7. The number of hydrogen-bond acceptors (Lipinski definition) is 3. The third kappa shape index (κ3) is 4.58. The summed E-state index contributed by atoms with van der Waals surface area (Å²) in [4.78, 5) is 19.8. The van der Waals surface area contributed by atoms with E-state index in [4.69, 9.17) is 0 Å². The van der Waals surface area contributed by atoms with Gasteiger partial charge >= 0.3 is 7.60 Å². The normalized spacial score (nSPS) is 13.8. The molecule has 0 bridgehead atoms. The molecule has 1 rings (SSSR count). The van der Waals surface area contributed by atoms with Crippen LogP contribution in [0.2, 0.25) is 0 Å². The lowest BCUT2D eigenvalue weighted by Crippen LogP contribution is -2.37. The van der Waals surface area contributed by atoms with E-state index in [2.05, 4.69) is 5.32 Å². The van der Waals surface area contributed by atoms with Crippen molar-refractivity contribution in [1.29, 1.82) is 0 Å². The monoisotopic (exact) mass is 371 g/mol. The van der Waals surface area contributed by atoms with Crippen LogP contribution in [0.3, 0.4) is 0 Å². The molecule has 1 aromatic rings. The number of phenols is 1. The van der Waals surface area contributed by atoms with Crippen LogP contribution < -0.4 is 5.32 Å². The lowest BCUT2D eigenvalue weighted by atomic mass is 9.79. The van der Waals surface area contributed by atoms with E-state index in [1.165, 1.54) is 0 Å².